The number of rotatable bonds is 7. The maximum absolute atomic E-state index is 12.3. The van der Waals surface area contributed by atoms with Crippen molar-refractivity contribution in [2.45, 2.75) is 31.3 Å². The van der Waals surface area contributed by atoms with E-state index in [9.17, 15) is 19.6 Å². The first kappa shape index (κ1) is 19.3. The van der Waals surface area contributed by atoms with Crippen molar-refractivity contribution >= 4 is 29.2 Å². The molecule has 0 unspecified atom stereocenters. The Kier molecular flexibility index (Phi) is 5.20. The van der Waals surface area contributed by atoms with Crippen molar-refractivity contribution in [3.05, 3.63) is 51.5 Å². The van der Waals surface area contributed by atoms with Crippen molar-refractivity contribution in [3.63, 3.8) is 0 Å². The van der Waals surface area contributed by atoms with E-state index in [4.69, 9.17) is 5.73 Å². The van der Waals surface area contributed by atoms with Crippen LogP contribution in [0.25, 0.3) is 0 Å². The number of nitrogens with zero attached hydrogens (tertiary/aromatic N) is 3. The van der Waals surface area contributed by atoms with Gasteiger partial charge in [-0.15, -0.1) is 11.3 Å². The van der Waals surface area contributed by atoms with Gasteiger partial charge in [-0.3, -0.25) is 19.8 Å². The Bertz CT molecular complexity index is 947. The molecule has 1 fully saturated rings. The first-order valence-corrected chi connectivity index (χ1v) is 10.1. The standard InChI is InChI=1S/C19H21N5O4S/c20-16(25)9-14-18-13(15-10-23(14)19(27)24(15)28)7-12(29-18)8-17(26)22-6-3-11-1-4-21-5-2-11/h1-2,4-5,7,14-15,28H,3,6,8-10H2,(H2,20,25)(H,22,26)/t14-,15-/m1/s1. The molecule has 4 amide bonds. The van der Waals surface area contributed by atoms with E-state index in [1.54, 1.807) is 12.4 Å². The fourth-order valence-corrected chi connectivity index (χ4v) is 5.16. The molecule has 29 heavy (non-hydrogen) atoms. The van der Waals surface area contributed by atoms with E-state index in [1.165, 1.54) is 16.2 Å². The summed E-state index contributed by atoms with van der Waals surface area (Å²) >= 11 is 1.39. The summed E-state index contributed by atoms with van der Waals surface area (Å²) in [6.07, 6.45) is 4.33. The van der Waals surface area contributed by atoms with Gasteiger partial charge in [-0.05, 0) is 35.7 Å². The molecule has 0 aliphatic carbocycles. The highest BCUT2D eigenvalue weighted by Gasteiger charge is 2.48. The Morgan fingerprint density at radius 2 is 2.10 bits per heavy atom. The number of fused-ring (bicyclic) bond motifs is 4. The molecule has 2 aliphatic heterocycles. The molecule has 4 heterocycles. The van der Waals surface area contributed by atoms with Gasteiger partial charge in [0.05, 0.1) is 25.4 Å². The summed E-state index contributed by atoms with van der Waals surface area (Å²) in [7, 11) is 0. The normalized spacial score (nSPS) is 20.0. The van der Waals surface area contributed by atoms with Gasteiger partial charge >= 0.3 is 6.03 Å². The molecule has 2 aromatic rings. The van der Waals surface area contributed by atoms with Crippen LogP contribution in [-0.2, 0) is 22.4 Å². The van der Waals surface area contributed by atoms with Crippen LogP contribution in [0.1, 0.15) is 39.4 Å². The number of hydroxylamine groups is 2. The fraction of sp³-hybridized carbons (Fsp3) is 0.368. The molecule has 2 aliphatic rings. The number of pyridine rings is 1. The smallest absolute Gasteiger partial charge is 0.345 e. The van der Waals surface area contributed by atoms with Crippen LogP contribution in [0.4, 0.5) is 4.79 Å². The van der Waals surface area contributed by atoms with Crippen LogP contribution in [0.3, 0.4) is 0 Å². The van der Waals surface area contributed by atoms with E-state index >= 15 is 0 Å². The number of hydrogen-bond donors (Lipinski definition) is 3. The number of hydrogen-bond acceptors (Lipinski definition) is 6. The number of carbonyl (C=O) groups excluding carboxylic acids is 3. The molecule has 152 valence electrons. The Hall–Kier alpha value is -2.98. The van der Waals surface area contributed by atoms with Crippen molar-refractivity contribution in [1.82, 2.24) is 20.3 Å². The van der Waals surface area contributed by atoms with Crippen molar-refractivity contribution in [2.24, 2.45) is 5.73 Å². The first-order valence-electron chi connectivity index (χ1n) is 9.29. The van der Waals surface area contributed by atoms with Gasteiger partial charge in [-0.2, -0.15) is 5.06 Å². The maximum atomic E-state index is 12.3. The van der Waals surface area contributed by atoms with Gasteiger partial charge in [0.25, 0.3) is 0 Å². The fourth-order valence-electron chi connectivity index (χ4n) is 3.83. The second-order valence-electron chi connectivity index (χ2n) is 7.15. The number of carbonyl (C=O) groups is 3. The van der Waals surface area contributed by atoms with Crippen molar-refractivity contribution in [3.8, 4) is 0 Å². The third-order valence-electron chi connectivity index (χ3n) is 5.20. The summed E-state index contributed by atoms with van der Waals surface area (Å²) in [4.78, 5) is 43.1. The molecule has 0 spiro atoms. The van der Waals surface area contributed by atoms with Gasteiger partial charge in [-0.25, -0.2) is 4.79 Å². The SMILES string of the molecule is NC(=O)C[C@@H]1c2sc(CC(=O)NCCc3ccncc3)cc2[C@H]2CN1C(=O)N2O. The zero-order valence-electron chi connectivity index (χ0n) is 15.6. The zero-order valence-corrected chi connectivity index (χ0v) is 16.4. The highest BCUT2D eigenvalue weighted by molar-refractivity contribution is 7.12. The molecule has 1 saturated heterocycles. The third kappa shape index (κ3) is 3.81. The Labute approximate surface area is 171 Å². The lowest BCUT2D eigenvalue weighted by molar-refractivity contribution is -0.120. The number of aromatic nitrogens is 1. The van der Waals surface area contributed by atoms with Gasteiger partial charge in [0.2, 0.25) is 11.8 Å². The first-order chi connectivity index (χ1) is 13.9. The second kappa shape index (κ2) is 7.80. The lowest BCUT2D eigenvalue weighted by atomic mass is 9.97. The van der Waals surface area contributed by atoms with E-state index in [0.717, 1.165) is 20.9 Å². The van der Waals surface area contributed by atoms with Crippen LogP contribution in [0, 0.1) is 0 Å². The average molecular weight is 415 g/mol. The van der Waals surface area contributed by atoms with Gasteiger partial charge < -0.3 is 16.0 Å². The van der Waals surface area contributed by atoms with Gasteiger partial charge in [0.1, 0.15) is 6.04 Å². The molecule has 2 aromatic heterocycles. The predicted octanol–water partition coefficient (Wildman–Crippen LogP) is 1.14. The zero-order chi connectivity index (χ0) is 20.5. The summed E-state index contributed by atoms with van der Waals surface area (Å²) in [6.45, 7) is 0.822. The topological polar surface area (TPSA) is 129 Å². The largest absolute Gasteiger partial charge is 0.370 e. The Morgan fingerprint density at radius 3 is 2.83 bits per heavy atom. The summed E-state index contributed by atoms with van der Waals surface area (Å²) in [5.41, 5.74) is 7.24. The highest BCUT2D eigenvalue weighted by atomic mass is 32.1. The average Bonchev–Trinajstić information content (AvgIpc) is 3.21. The molecule has 0 radical (unpaired) electrons. The molecular formula is C19H21N5O4S. The molecule has 10 heteroatoms. The monoisotopic (exact) mass is 415 g/mol. The van der Waals surface area contributed by atoms with Crippen LogP contribution in [0.2, 0.25) is 0 Å². The predicted molar refractivity (Wildman–Crippen MR) is 104 cm³/mol. The van der Waals surface area contributed by atoms with E-state index in [2.05, 4.69) is 10.3 Å². The van der Waals surface area contributed by atoms with Crippen molar-refractivity contribution < 1.29 is 19.6 Å². The minimum atomic E-state index is -0.528. The number of amides is 4. The van der Waals surface area contributed by atoms with E-state index in [1.807, 2.05) is 18.2 Å². The summed E-state index contributed by atoms with van der Waals surface area (Å²) in [5.74, 6) is -0.626. The van der Waals surface area contributed by atoms with Gasteiger partial charge in [0.15, 0.2) is 0 Å². The number of urea groups is 1. The van der Waals surface area contributed by atoms with Crippen molar-refractivity contribution in [1.29, 1.82) is 0 Å². The van der Waals surface area contributed by atoms with Gasteiger partial charge in [-0.1, -0.05) is 0 Å². The number of nitrogens with one attached hydrogen (secondary N) is 1. The maximum Gasteiger partial charge on any atom is 0.345 e. The van der Waals surface area contributed by atoms with Crippen LogP contribution < -0.4 is 11.1 Å². The lowest BCUT2D eigenvalue weighted by Gasteiger charge is -2.29. The minimum absolute atomic E-state index is 0.0165. The van der Waals surface area contributed by atoms with Crippen LogP contribution in [0.15, 0.2) is 30.6 Å². The second-order valence-corrected chi connectivity index (χ2v) is 8.31. The van der Waals surface area contributed by atoms with Crippen LogP contribution >= 0.6 is 11.3 Å². The Morgan fingerprint density at radius 1 is 1.34 bits per heavy atom. The summed E-state index contributed by atoms with van der Waals surface area (Å²) < 4.78 is 0. The minimum Gasteiger partial charge on any atom is -0.370 e. The highest BCUT2D eigenvalue weighted by Crippen LogP contribution is 2.47. The molecule has 9 nitrogen and oxygen atoms in total. The molecule has 4 N–H and O–H groups in total. The summed E-state index contributed by atoms with van der Waals surface area (Å²) in [6, 6.07) is 4.15. The molecule has 4 rings (SSSR count). The van der Waals surface area contributed by atoms with E-state index in [-0.39, 0.29) is 18.7 Å². The molecular weight excluding hydrogens is 394 g/mol. The number of primary amides is 1. The van der Waals surface area contributed by atoms with E-state index < -0.39 is 24.0 Å². The van der Waals surface area contributed by atoms with Gasteiger partial charge in [0, 0.05) is 28.7 Å². The lowest BCUT2D eigenvalue weighted by Crippen LogP contribution is -2.35. The molecule has 2 atom stereocenters. The van der Waals surface area contributed by atoms with Crippen LogP contribution in [0.5, 0.6) is 0 Å². The quantitative estimate of drug-likeness (QED) is 0.584. The Balaban J connectivity index is 1.44. The van der Waals surface area contributed by atoms with E-state index in [0.29, 0.717) is 24.6 Å². The molecule has 2 bridgehead atoms. The van der Waals surface area contributed by atoms with Crippen molar-refractivity contribution in [2.75, 3.05) is 13.1 Å². The molecule has 0 saturated carbocycles. The number of thiophene rings is 1. The summed E-state index contributed by atoms with van der Waals surface area (Å²) in [5, 5.41) is 13.7. The number of nitrogens with two attached hydrogens (primary N) is 1. The third-order valence-corrected chi connectivity index (χ3v) is 6.45. The van der Waals surface area contributed by atoms with Crippen LogP contribution in [-0.4, -0.2) is 51.1 Å². The molecule has 0 aromatic carbocycles.